The summed E-state index contributed by atoms with van der Waals surface area (Å²) in [5.74, 6) is 0.771. The molecule has 16 heavy (non-hydrogen) atoms. The van der Waals surface area contributed by atoms with Crippen molar-refractivity contribution >= 4 is 0 Å². The maximum absolute atomic E-state index is 5.78. The molecule has 1 rings (SSSR count). The van der Waals surface area contributed by atoms with Crippen molar-refractivity contribution in [3.63, 3.8) is 0 Å². The first-order valence-corrected chi connectivity index (χ1v) is 7.05. The highest BCUT2D eigenvalue weighted by Gasteiger charge is 2.23. The first-order chi connectivity index (χ1) is 7.67. The van der Waals surface area contributed by atoms with Gasteiger partial charge in [0.2, 0.25) is 0 Å². The van der Waals surface area contributed by atoms with Gasteiger partial charge >= 0.3 is 0 Å². The van der Waals surface area contributed by atoms with Gasteiger partial charge in [0.05, 0.1) is 6.10 Å². The molecule has 1 fully saturated rings. The fourth-order valence-corrected chi connectivity index (χ4v) is 2.44. The summed E-state index contributed by atoms with van der Waals surface area (Å²) in [7, 11) is 0. The van der Waals surface area contributed by atoms with Gasteiger partial charge in [0, 0.05) is 18.7 Å². The molecule has 0 aromatic carbocycles. The lowest BCUT2D eigenvalue weighted by Crippen LogP contribution is -2.45. The Morgan fingerprint density at radius 1 is 1.31 bits per heavy atom. The van der Waals surface area contributed by atoms with E-state index in [1.54, 1.807) is 0 Å². The molecular formula is C14H29NO. The van der Waals surface area contributed by atoms with Crippen molar-refractivity contribution in [1.82, 2.24) is 5.32 Å². The molecule has 4 atom stereocenters. The van der Waals surface area contributed by atoms with Crippen molar-refractivity contribution in [2.24, 2.45) is 5.92 Å². The van der Waals surface area contributed by atoms with Gasteiger partial charge in [-0.25, -0.2) is 0 Å². The molecule has 0 aliphatic carbocycles. The monoisotopic (exact) mass is 227 g/mol. The zero-order chi connectivity index (χ0) is 12.0. The fraction of sp³-hybridized carbons (Fsp3) is 1.00. The van der Waals surface area contributed by atoms with E-state index in [9.17, 15) is 0 Å². The zero-order valence-corrected chi connectivity index (χ0v) is 11.5. The molecule has 2 heteroatoms. The Kier molecular flexibility index (Phi) is 6.37. The van der Waals surface area contributed by atoms with Crippen LogP contribution in [-0.2, 0) is 4.74 Å². The van der Waals surface area contributed by atoms with E-state index in [1.165, 1.54) is 32.1 Å². The fourth-order valence-electron chi connectivity index (χ4n) is 2.44. The van der Waals surface area contributed by atoms with Gasteiger partial charge in [-0.2, -0.15) is 0 Å². The third kappa shape index (κ3) is 4.42. The molecule has 0 aromatic heterocycles. The molecule has 0 saturated carbocycles. The second-order valence-electron chi connectivity index (χ2n) is 5.34. The Hall–Kier alpha value is -0.0800. The third-order valence-corrected chi connectivity index (χ3v) is 3.97. The maximum atomic E-state index is 5.78. The van der Waals surface area contributed by atoms with Crippen LogP contribution in [0.4, 0.5) is 0 Å². The van der Waals surface area contributed by atoms with Crippen LogP contribution >= 0.6 is 0 Å². The van der Waals surface area contributed by atoms with Crippen LogP contribution < -0.4 is 5.32 Å². The Balaban J connectivity index is 2.30. The highest BCUT2D eigenvalue weighted by Crippen LogP contribution is 2.19. The number of rotatable bonds is 6. The molecule has 1 aliphatic rings. The largest absolute Gasteiger partial charge is 0.378 e. The number of hydrogen-bond donors (Lipinski definition) is 1. The topological polar surface area (TPSA) is 21.3 Å². The Morgan fingerprint density at radius 3 is 2.69 bits per heavy atom. The van der Waals surface area contributed by atoms with E-state index in [1.807, 2.05) is 0 Å². The van der Waals surface area contributed by atoms with E-state index >= 15 is 0 Å². The van der Waals surface area contributed by atoms with Gasteiger partial charge < -0.3 is 10.1 Å². The number of hydrogen-bond acceptors (Lipinski definition) is 2. The predicted octanol–water partition coefficient (Wildman–Crippen LogP) is 3.36. The van der Waals surface area contributed by atoms with Crippen molar-refractivity contribution in [3.8, 4) is 0 Å². The molecule has 1 saturated heterocycles. The summed E-state index contributed by atoms with van der Waals surface area (Å²) in [6, 6.07) is 1.31. The quantitative estimate of drug-likeness (QED) is 0.751. The van der Waals surface area contributed by atoms with Crippen LogP contribution in [-0.4, -0.2) is 24.8 Å². The Labute approximate surface area is 101 Å². The van der Waals surface area contributed by atoms with Gasteiger partial charge in [0.15, 0.2) is 0 Å². The molecule has 1 aliphatic heterocycles. The van der Waals surface area contributed by atoms with Gasteiger partial charge in [-0.05, 0) is 32.1 Å². The predicted molar refractivity (Wildman–Crippen MR) is 69.7 cm³/mol. The lowest BCUT2D eigenvalue weighted by atomic mass is 9.95. The first-order valence-electron chi connectivity index (χ1n) is 7.05. The number of nitrogens with one attached hydrogen (secondary N) is 1. The van der Waals surface area contributed by atoms with E-state index < -0.39 is 0 Å². The molecule has 1 N–H and O–H groups in total. The zero-order valence-electron chi connectivity index (χ0n) is 11.5. The Bertz CT molecular complexity index is 182. The van der Waals surface area contributed by atoms with E-state index in [0.717, 1.165) is 12.5 Å². The summed E-state index contributed by atoms with van der Waals surface area (Å²) in [6.45, 7) is 10.1. The van der Waals surface area contributed by atoms with Gasteiger partial charge in [0.1, 0.15) is 0 Å². The Morgan fingerprint density at radius 2 is 2.06 bits per heavy atom. The van der Waals surface area contributed by atoms with Crippen molar-refractivity contribution in [2.75, 3.05) is 6.61 Å². The van der Waals surface area contributed by atoms with Crippen LogP contribution in [0.25, 0.3) is 0 Å². The van der Waals surface area contributed by atoms with Crippen LogP contribution in [0.15, 0.2) is 0 Å². The number of ether oxygens (including phenoxy) is 1. The molecule has 4 unspecified atom stereocenters. The average Bonchev–Trinajstić information content (AvgIpc) is 2.29. The summed E-state index contributed by atoms with van der Waals surface area (Å²) >= 11 is 0. The van der Waals surface area contributed by atoms with E-state index in [-0.39, 0.29) is 0 Å². The first kappa shape index (κ1) is 14.0. The maximum Gasteiger partial charge on any atom is 0.0589 e. The molecule has 0 amide bonds. The molecule has 0 aromatic rings. The van der Waals surface area contributed by atoms with E-state index in [0.29, 0.717) is 18.2 Å². The van der Waals surface area contributed by atoms with E-state index in [4.69, 9.17) is 4.74 Å². The molecule has 96 valence electrons. The minimum atomic E-state index is 0.500. The molecular weight excluding hydrogens is 198 g/mol. The van der Waals surface area contributed by atoms with Gasteiger partial charge in [0.25, 0.3) is 0 Å². The minimum Gasteiger partial charge on any atom is -0.378 e. The lowest BCUT2D eigenvalue weighted by Gasteiger charge is -2.33. The van der Waals surface area contributed by atoms with Gasteiger partial charge in [-0.1, -0.05) is 33.6 Å². The second-order valence-corrected chi connectivity index (χ2v) is 5.34. The summed E-state index contributed by atoms with van der Waals surface area (Å²) in [5, 5.41) is 3.78. The van der Waals surface area contributed by atoms with Crippen molar-refractivity contribution in [3.05, 3.63) is 0 Å². The van der Waals surface area contributed by atoms with Crippen molar-refractivity contribution < 1.29 is 4.74 Å². The third-order valence-electron chi connectivity index (χ3n) is 3.97. The summed E-state index contributed by atoms with van der Waals surface area (Å²) in [5.41, 5.74) is 0. The summed E-state index contributed by atoms with van der Waals surface area (Å²) in [4.78, 5) is 0. The standard InChI is InChI=1S/C14H29NO/c1-5-7-14-10-13(8-9-16-14)15-12(4)11(3)6-2/h11-15H,5-10H2,1-4H3. The van der Waals surface area contributed by atoms with Crippen LogP contribution in [0.5, 0.6) is 0 Å². The van der Waals surface area contributed by atoms with Crippen LogP contribution in [0.2, 0.25) is 0 Å². The van der Waals surface area contributed by atoms with E-state index in [2.05, 4.69) is 33.0 Å². The normalized spacial score (nSPS) is 30.0. The second kappa shape index (κ2) is 7.29. The lowest BCUT2D eigenvalue weighted by molar-refractivity contribution is -0.00573. The minimum absolute atomic E-state index is 0.500. The van der Waals surface area contributed by atoms with Crippen LogP contribution in [0, 0.1) is 5.92 Å². The van der Waals surface area contributed by atoms with Crippen LogP contribution in [0.1, 0.15) is 59.8 Å². The molecule has 0 bridgehead atoms. The van der Waals surface area contributed by atoms with Crippen LogP contribution in [0.3, 0.4) is 0 Å². The molecule has 1 heterocycles. The molecule has 0 spiro atoms. The molecule has 2 nitrogen and oxygen atoms in total. The van der Waals surface area contributed by atoms with Gasteiger partial charge in [-0.15, -0.1) is 0 Å². The smallest absolute Gasteiger partial charge is 0.0589 e. The van der Waals surface area contributed by atoms with Crippen molar-refractivity contribution in [1.29, 1.82) is 0 Å². The highest BCUT2D eigenvalue weighted by molar-refractivity contribution is 4.80. The van der Waals surface area contributed by atoms with Gasteiger partial charge in [-0.3, -0.25) is 0 Å². The van der Waals surface area contributed by atoms with Crippen molar-refractivity contribution in [2.45, 2.75) is 78.0 Å². The summed E-state index contributed by atoms with van der Waals surface area (Å²) < 4.78 is 5.78. The average molecular weight is 227 g/mol. The SMILES string of the molecule is CCCC1CC(NC(C)C(C)CC)CCO1. The highest BCUT2D eigenvalue weighted by atomic mass is 16.5. The molecule has 0 radical (unpaired) electrons. The summed E-state index contributed by atoms with van der Waals surface area (Å²) in [6.07, 6.45) is 6.60.